The summed E-state index contributed by atoms with van der Waals surface area (Å²) in [4.78, 5) is 35.9. The summed E-state index contributed by atoms with van der Waals surface area (Å²) in [7, 11) is 0. The van der Waals surface area contributed by atoms with Gasteiger partial charge in [-0.15, -0.1) is 11.3 Å². The molecule has 0 radical (unpaired) electrons. The third kappa shape index (κ3) is 5.73. The number of hydrogen-bond acceptors (Lipinski definition) is 5. The molecule has 0 N–H and O–H groups in total. The lowest BCUT2D eigenvalue weighted by molar-refractivity contribution is -0.134. The van der Waals surface area contributed by atoms with Crippen molar-refractivity contribution >= 4 is 23.2 Å². The van der Waals surface area contributed by atoms with E-state index in [9.17, 15) is 9.59 Å². The molecule has 6 nitrogen and oxygen atoms in total. The molecule has 31 heavy (non-hydrogen) atoms. The summed E-state index contributed by atoms with van der Waals surface area (Å²) in [6, 6.07) is 12.6. The van der Waals surface area contributed by atoms with Crippen molar-refractivity contribution in [1.29, 1.82) is 0 Å². The minimum Gasteiger partial charge on any atom is -0.339 e. The van der Waals surface area contributed by atoms with Crippen LogP contribution in [0.4, 0.5) is 0 Å². The van der Waals surface area contributed by atoms with Crippen LogP contribution in [-0.2, 0) is 11.3 Å². The van der Waals surface area contributed by atoms with E-state index in [-0.39, 0.29) is 11.8 Å². The molecule has 0 spiro atoms. The number of carbonyl (C=O) groups is 2. The third-order valence-electron chi connectivity index (χ3n) is 6.18. The van der Waals surface area contributed by atoms with Gasteiger partial charge in [-0.2, -0.15) is 0 Å². The topological polar surface area (TPSA) is 47.1 Å². The normalized spacial score (nSPS) is 18.4. The lowest BCUT2D eigenvalue weighted by Gasteiger charge is -2.38. The zero-order chi connectivity index (χ0) is 21.8. The van der Waals surface area contributed by atoms with Gasteiger partial charge in [0.05, 0.1) is 11.4 Å². The van der Waals surface area contributed by atoms with E-state index in [1.807, 2.05) is 28.9 Å². The lowest BCUT2D eigenvalue weighted by Crippen LogP contribution is -2.54. The number of nitrogens with zero attached hydrogens (tertiary/aromatic N) is 4. The van der Waals surface area contributed by atoms with Crippen LogP contribution in [0.5, 0.6) is 0 Å². The molecule has 2 aromatic rings. The number of carbonyl (C=O) groups excluding carboxylic acids is 2. The molecule has 0 atom stereocenters. The Balaban J connectivity index is 1.19. The van der Waals surface area contributed by atoms with Gasteiger partial charge in [-0.1, -0.05) is 29.8 Å². The highest BCUT2D eigenvalue weighted by molar-refractivity contribution is 7.13. The van der Waals surface area contributed by atoms with Gasteiger partial charge in [-0.3, -0.25) is 19.4 Å². The Morgan fingerprint density at radius 1 is 0.839 bits per heavy atom. The molecule has 166 valence electrons. The molecule has 2 aliphatic rings. The van der Waals surface area contributed by atoms with Crippen LogP contribution in [0.2, 0.25) is 0 Å². The molecule has 2 saturated heterocycles. The number of benzene rings is 1. The Bertz CT molecular complexity index is 912. The molecule has 0 bridgehead atoms. The Hall–Kier alpha value is -2.22. The number of thiophene rings is 1. The van der Waals surface area contributed by atoms with Gasteiger partial charge in [0.25, 0.3) is 5.91 Å². The van der Waals surface area contributed by atoms with E-state index in [2.05, 4.69) is 41.0 Å². The van der Waals surface area contributed by atoms with Crippen LogP contribution in [0.25, 0.3) is 0 Å². The summed E-state index contributed by atoms with van der Waals surface area (Å²) in [6.07, 6.45) is 0. The van der Waals surface area contributed by atoms with E-state index in [0.717, 1.165) is 55.6 Å². The predicted octanol–water partition coefficient (Wildman–Crippen LogP) is 2.47. The second-order valence-electron chi connectivity index (χ2n) is 8.62. The largest absolute Gasteiger partial charge is 0.339 e. The van der Waals surface area contributed by atoms with Crippen molar-refractivity contribution in [3.63, 3.8) is 0 Å². The second kappa shape index (κ2) is 9.94. The van der Waals surface area contributed by atoms with Crippen molar-refractivity contribution < 1.29 is 9.59 Å². The number of aryl methyl sites for hydroxylation is 2. The lowest BCUT2D eigenvalue weighted by atomic mass is 10.1. The number of piperazine rings is 2. The van der Waals surface area contributed by atoms with Crippen molar-refractivity contribution in [2.45, 2.75) is 20.4 Å². The Labute approximate surface area is 189 Å². The zero-order valence-electron chi connectivity index (χ0n) is 18.5. The van der Waals surface area contributed by atoms with E-state index in [0.29, 0.717) is 19.6 Å². The fourth-order valence-electron chi connectivity index (χ4n) is 4.33. The van der Waals surface area contributed by atoms with Crippen LogP contribution < -0.4 is 0 Å². The molecule has 4 rings (SSSR count). The molecular formula is C24H32N4O2S. The molecule has 1 aromatic heterocycles. The van der Waals surface area contributed by atoms with Crippen molar-refractivity contribution in [2.75, 3.05) is 58.9 Å². The minimum absolute atomic E-state index is 0.119. The average Bonchev–Trinajstić information content (AvgIpc) is 3.20. The Morgan fingerprint density at radius 2 is 1.52 bits per heavy atom. The fraction of sp³-hybridized carbons (Fsp3) is 0.500. The molecule has 2 aliphatic heterocycles. The maximum Gasteiger partial charge on any atom is 0.264 e. The first-order chi connectivity index (χ1) is 15.0. The minimum atomic E-state index is 0.119. The summed E-state index contributed by atoms with van der Waals surface area (Å²) in [5.41, 5.74) is 2.63. The van der Waals surface area contributed by atoms with Crippen LogP contribution in [0, 0.1) is 13.8 Å². The summed E-state index contributed by atoms with van der Waals surface area (Å²) >= 11 is 1.55. The van der Waals surface area contributed by atoms with Gasteiger partial charge >= 0.3 is 0 Å². The van der Waals surface area contributed by atoms with E-state index in [1.54, 1.807) is 11.3 Å². The number of amides is 2. The van der Waals surface area contributed by atoms with Gasteiger partial charge in [-0.25, -0.2) is 0 Å². The monoisotopic (exact) mass is 440 g/mol. The van der Waals surface area contributed by atoms with Crippen LogP contribution >= 0.6 is 11.3 Å². The highest BCUT2D eigenvalue weighted by atomic mass is 32.1. The van der Waals surface area contributed by atoms with E-state index in [1.165, 1.54) is 11.1 Å². The maximum absolute atomic E-state index is 12.8. The van der Waals surface area contributed by atoms with E-state index < -0.39 is 0 Å². The molecule has 3 heterocycles. The molecular weight excluding hydrogens is 408 g/mol. The number of rotatable bonds is 5. The van der Waals surface area contributed by atoms with Crippen LogP contribution in [0.15, 0.2) is 36.4 Å². The van der Waals surface area contributed by atoms with Gasteiger partial charge in [0.1, 0.15) is 0 Å². The summed E-state index contributed by atoms with van der Waals surface area (Å²) < 4.78 is 0. The van der Waals surface area contributed by atoms with Crippen LogP contribution in [0.3, 0.4) is 0 Å². The molecule has 2 fully saturated rings. The van der Waals surface area contributed by atoms with Crippen molar-refractivity contribution in [3.05, 3.63) is 57.3 Å². The summed E-state index contributed by atoms with van der Waals surface area (Å²) in [5, 5.41) is 0. The maximum atomic E-state index is 12.8. The second-order valence-corrected chi connectivity index (χ2v) is 9.91. The highest BCUT2D eigenvalue weighted by Crippen LogP contribution is 2.18. The molecule has 1 aromatic carbocycles. The standard InChI is InChI=1S/C24H32N4O2S/c1-19-4-3-5-21(16-19)17-25-8-12-27(13-9-25)23(29)18-26-10-14-28(15-11-26)24(30)22-7-6-20(2)31-22/h3-7,16H,8-15,17-18H2,1-2H3. The molecule has 0 unspecified atom stereocenters. The van der Waals surface area contributed by atoms with Gasteiger partial charge in [0.15, 0.2) is 0 Å². The average molecular weight is 441 g/mol. The predicted molar refractivity (Wildman–Crippen MR) is 124 cm³/mol. The van der Waals surface area contributed by atoms with Crippen LogP contribution in [-0.4, -0.2) is 90.3 Å². The first-order valence-electron chi connectivity index (χ1n) is 11.1. The molecule has 0 saturated carbocycles. The van der Waals surface area contributed by atoms with Gasteiger partial charge in [0.2, 0.25) is 5.91 Å². The SMILES string of the molecule is Cc1cccc(CN2CCN(C(=O)CN3CCN(C(=O)c4ccc(C)s4)CC3)CC2)c1. The zero-order valence-corrected chi connectivity index (χ0v) is 19.4. The first-order valence-corrected chi connectivity index (χ1v) is 11.9. The van der Waals surface area contributed by atoms with Crippen molar-refractivity contribution in [2.24, 2.45) is 0 Å². The smallest absolute Gasteiger partial charge is 0.264 e. The summed E-state index contributed by atoms with van der Waals surface area (Å²) in [5.74, 6) is 0.331. The first kappa shape index (κ1) is 22.0. The number of hydrogen-bond donors (Lipinski definition) is 0. The van der Waals surface area contributed by atoms with Gasteiger partial charge < -0.3 is 9.80 Å². The molecule has 7 heteroatoms. The fourth-order valence-corrected chi connectivity index (χ4v) is 5.17. The van der Waals surface area contributed by atoms with Gasteiger partial charge in [-0.05, 0) is 31.5 Å². The third-order valence-corrected chi connectivity index (χ3v) is 7.17. The van der Waals surface area contributed by atoms with E-state index in [4.69, 9.17) is 0 Å². The van der Waals surface area contributed by atoms with Crippen LogP contribution in [0.1, 0.15) is 25.7 Å². The quantitative estimate of drug-likeness (QED) is 0.717. The van der Waals surface area contributed by atoms with Crippen molar-refractivity contribution in [3.8, 4) is 0 Å². The Kier molecular flexibility index (Phi) is 7.05. The van der Waals surface area contributed by atoms with Crippen molar-refractivity contribution in [1.82, 2.24) is 19.6 Å². The van der Waals surface area contributed by atoms with Gasteiger partial charge in [0, 0.05) is 63.8 Å². The molecule has 2 amide bonds. The molecule has 0 aliphatic carbocycles. The highest BCUT2D eigenvalue weighted by Gasteiger charge is 2.27. The van der Waals surface area contributed by atoms with E-state index >= 15 is 0 Å². The summed E-state index contributed by atoms with van der Waals surface area (Å²) in [6.45, 7) is 11.9. The Morgan fingerprint density at radius 3 is 2.16 bits per heavy atom.